The second kappa shape index (κ2) is 9.85. The van der Waals surface area contributed by atoms with Crippen LogP contribution in [0.1, 0.15) is 40.8 Å². The smallest absolute Gasteiger partial charge is 0.330 e. The average Bonchev–Trinajstić information content (AvgIpc) is 3.34. The quantitative estimate of drug-likeness (QED) is 0.311. The van der Waals surface area contributed by atoms with Crippen molar-refractivity contribution in [3.63, 3.8) is 0 Å². The minimum absolute atomic E-state index is 0.00722. The standard InChI is InChI=1S/C23H35N5O5Si/c1-8-31-18(29)10-9-15-11-17(28-13-25-19-20(28)26-22(24)27-21(19)30)33-16(15)12-32-34(6,7)23(4,5)14(2)3/h9-11,13-14,16-17H,8,12H2,1-7H3,(H3,24,26,27,30)/b10-9+/t16-,17-/m1/s1. The number of hydrogen-bond donors (Lipinski definition) is 2. The van der Waals surface area contributed by atoms with Crippen LogP contribution in [0.15, 0.2) is 34.9 Å². The van der Waals surface area contributed by atoms with Gasteiger partial charge in [0.25, 0.3) is 5.56 Å². The first kappa shape index (κ1) is 25.9. The average molecular weight is 490 g/mol. The molecule has 0 radical (unpaired) electrons. The van der Waals surface area contributed by atoms with Crippen molar-refractivity contribution in [2.45, 2.75) is 65.1 Å². The van der Waals surface area contributed by atoms with Gasteiger partial charge in [-0.3, -0.25) is 14.3 Å². The Morgan fingerprint density at radius 1 is 1.41 bits per heavy atom. The molecule has 3 rings (SSSR count). The summed E-state index contributed by atoms with van der Waals surface area (Å²) >= 11 is 0. The number of carbonyl (C=O) groups is 1. The first-order valence-corrected chi connectivity index (χ1v) is 14.4. The molecule has 0 aromatic carbocycles. The third-order valence-electron chi connectivity index (χ3n) is 7.02. The summed E-state index contributed by atoms with van der Waals surface area (Å²) in [5.74, 6) is 0.0143. The number of nitrogen functional groups attached to an aromatic ring is 1. The largest absolute Gasteiger partial charge is 0.463 e. The molecular weight excluding hydrogens is 454 g/mol. The lowest BCUT2D eigenvalue weighted by Crippen LogP contribution is -2.46. The maximum absolute atomic E-state index is 12.2. The number of ether oxygens (including phenoxy) is 2. The molecule has 10 nitrogen and oxygen atoms in total. The Hall–Kier alpha value is -2.76. The molecule has 0 saturated heterocycles. The van der Waals surface area contributed by atoms with E-state index in [1.807, 2.05) is 6.08 Å². The molecule has 3 N–H and O–H groups in total. The van der Waals surface area contributed by atoms with Crippen LogP contribution >= 0.6 is 0 Å². The topological polar surface area (TPSA) is 134 Å². The van der Waals surface area contributed by atoms with E-state index in [1.54, 1.807) is 17.6 Å². The van der Waals surface area contributed by atoms with Gasteiger partial charge in [0.05, 0.1) is 19.5 Å². The summed E-state index contributed by atoms with van der Waals surface area (Å²) in [6.07, 6.45) is 5.37. The van der Waals surface area contributed by atoms with Crippen molar-refractivity contribution in [2.75, 3.05) is 18.9 Å². The van der Waals surface area contributed by atoms with Crippen molar-refractivity contribution >= 4 is 31.4 Å². The molecule has 0 amide bonds. The zero-order valence-electron chi connectivity index (χ0n) is 20.9. The second-order valence-electron chi connectivity index (χ2n) is 9.74. The number of anilines is 1. The lowest BCUT2D eigenvalue weighted by molar-refractivity contribution is -0.137. The second-order valence-corrected chi connectivity index (χ2v) is 14.3. The van der Waals surface area contributed by atoms with Gasteiger partial charge in [-0.2, -0.15) is 4.98 Å². The summed E-state index contributed by atoms with van der Waals surface area (Å²) in [4.78, 5) is 34.9. The van der Waals surface area contributed by atoms with Crippen molar-refractivity contribution in [1.82, 2.24) is 19.5 Å². The van der Waals surface area contributed by atoms with E-state index < -0.39 is 32.2 Å². The minimum Gasteiger partial charge on any atom is -0.463 e. The van der Waals surface area contributed by atoms with Crippen molar-refractivity contribution < 1.29 is 18.7 Å². The van der Waals surface area contributed by atoms with Crippen LogP contribution in [0.25, 0.3) is 11.2 Å². The van der Waals surface area contributed by atoms with Crippen LogP contribution in [0.2, 0.25) is 18.1 Å². The fourth-order valence-corrected chi connectivity index (χ4v) is 5.98. The summed E-state index contributed by atoms with van der Waals surface area (Å²) in [7, 11) is -2.11. The molecule has 0 unspecified atom stereocenters. The molecule has 3 heterocycles. The SMILES string of the molecule is CCOC(=O)/C=C/C1=C[C@H](n2cnc3c(=O)[nH]c(N)nc32)O[C@@H]1CO[Si](C)(C)C(C)(C)C(C)C. The predicted molar refractivity (Wildman–Crippen MR) is 133 cm³/mol. The highest BCUT2D eigenvalue weighted by Crippen LogP contribution is 2.45. The van der Waals surface area contributed by atoms with Crippen LogP contribution in [0.3, 0.4) is 0 Å². The fourth-order valence-electron chi connectivity index (χ4n) is 3.65. The zero-order valence-corrected chi connectivity index (χ0v) is 21.9. The van der Waals surface area contributed by atoms with Gasteiger partial charge >= 0.3 is 5.97 Å². The molecule has 2 atom stereocenters. The van der Waals surface area contributed by atoms with Crippen LogP contribution in [0, 0.1) is 5.92 Å². The van der Waals surface area contributed by atoms with E-state index in [0.717, 1.165) is 5.57 Å². The summed E-state index contributed by atoms with van der Waals surface area (Å²) < 4.78 is 19.5. The molecule has 11 heteroatoms. The van der Waals surface area contributed by atoms with E-state index >= 15 is 0 Å². The number of nitrogens with one attached hydrogen (secondary N) is 1. The highest BCUT2D eigenvalue weighted by molar-refractivity contribution is 6.74. The molecule has 0 saturated carbocycles. The Kier molecular flexibility index (Phi) is 7.49. The number of imidazole rings is 1. The summed E-state index contributed by atoms with van der Waals surface area (Å²) in [5.41, 5.74) is 6.56. The maximum atomic E-state index is 12.2. The van der Waals surface area contributed by atoms with Gasteiger partial charge in [0.1, 0.15) is 6.10 Å². The number of H-pyrrole nitrogens is 1. The molecular formula is C23H35N5O5Si. The molecule has 1 aliphatic rings. The van der Waals surface area contributed by atoms with Gasteiger partial charge < -0.3 is 19.6 Å². The van der Waals surface area contributed by atoms with Gasteiger partial charge in [-0.25, -0.2) is 9.78 Å². The number of hydrogen-bond acceptors (Lipinski definition) is 8. The molecule has 2 aromatic heterocycles. The van der Waals surface area contributed by atoms with E-state index in [9.17, 15) is 9.59 Å². The molecule has 186 valence electrons. The van der Waals surface area contributed by atoms with Crippen LogP contribution in [0.5, 0.6) is 0 Å². The van der Waals surface area contributed by atoms with Gasteiger partial charge in [0, 0.05) is 6.08 Å². The lowest BCUT2D eigenvalue weighted by Gasteiger charge is -2.43. The molecule has 34 heavy (non-hydrogen) atoms. The Balaban J connectivity index is 1.90. The highest BCUT2D eigenvalue weighted by atomic mass is 28.4. The third-order valence-corrected chi connectivity index (χ3v) is 11.6. The number of carbonyl (C=O) groups excluding carboxylic acids is 1. The van der Waals surface area contributed by atoms with Crippen molar-refractivity contribution in [3.8, 4) is 0 Å². The summed E-state index contributed by atoms with van der Waals surface area (Å²) in [6, 6.07) is 0. The number of nitrogens with two attached hydrogens (primary N) is 1. The molecule has 0 bridgehead atoms. The number of aromatic amines is 1. The highest BCUT2D eigenvalue weighted by Gasteiger charge is 2.44. The number of nitrogens with zero attached hydrogens (tertiary/aromatic N) is 3. The maximum Gasteiger partial charge on any atom is 0.330 e. The number of rotatable bonds is 9. The fraction of sp³-hybridized carbons (Fsp3) is 0.565. The van der Waals surface area contributed by atoms with Crippen LogP contribution < -0.4 is 11.3 Å². The van der Waals surface area contributed by atoms with Crippen LogP contribution in [-0.4, -0.2) is 53.1 Å². The molecule has 0 spiro atoms. The number of aromatic nitrogens is 4. The van der Waals surface area contributed by atoms with Gasteiger partial charge in [-0.15, -0.1) is 0 Å². The van der Waals surface area contributed by atoms with Crippen LogP contribution in [0.4, 0.5) is 5.95 Å². The lowest BCUT2D eigenvalue weighted by atomic mass is 9.99. The zero-order chi connectivity index (χ0) is 25.3. The number of esters is 1. The first-order valence-electron chi connectivity index (χ1n) is 11.5. The molecule has 2 aromatic rings. The molecule has 0 fully saturated rings. The molecule has 1 aliphatic heterocycles. The Labute approximate surface area is 200 Å². The normalized spacial score (nSPS) is 19.4. The van der Waals surface area contributed by atoms with E-state index in [1.165, 1.54) is 12.4 Å². The third kappa shape index (κ3) is 5.16. The summed E-state index contributed by atoms with van der Waals surface area (Å²) in [6.45, 7) is 15.7. The van der Waals surface area contributed by atoms with Crippen molar-refractivity contribution in [1.29, 1.82) is 0 Å². The van der Waals surface area contributed by atoms with Gasteiger partial charge in [-0.1, -0.05) is 27.7 Å². The van der Waals surface area contributed by atoms with Crippen molar-refractivity contribution in [3.05, 3.63) is 40.5 Å². The minimum atomic E-state index is -2.11. The monoisotopic (exact) mass is 489 g/mol. The first-order chi connectivity index (χ1) is 15.9. The summed E-state index contributed by atoms with van der Waals surface area (Å²) in [5, 5.41) is 0.0404. The van der Waals surface area contributed by atoms with E-state index in [2.05, 4.69) is 55.7 Å². The van der Waals surface area contributed by atoms with Gasteiger partial charge in [-0.05, 0) is 48.7 Å². The van der Waals surface area contributed by atoms with Crippen molar-refractivity contribution in [2.24, 2.45) is 5.92 Å². The van der Waals surface area contributed by atoms with Crippen LogP contribution in [-0.2, 0) is 18.7 Å². The number of fused-ring (bicyclic) bond motifs is 1. The van der Waals surface area contributed by atoms with Gasteiger partial charge in [0.15, 0.2) is 25.7 Å². The van der Waals surface area contributed by atoms with Gasteiger partial charge in [0.2, 0.25) is 5.95 Å². The van der Waals surface area contributed by atoms with E-state index in [-0.39, 0.29) is 16.5 Å². The Bertz CT molecular complexity index is 1160. The van der Waals surface area contributed by atoms with E-state index in [0.29, 0.717) is 24.8 Å². The Morgan fingerprint density at radius 3 is 2.76 bits per heavy atom. The Morgan fingerprint density at radius 2 is 2.12 bits per heavy atom. The predicted octanol–water partition coefficient (Wildman–Crippen LogP) is 3.30. The van der Waals surface area contributed by atoms with E-state index in [4.69, 9.17) is 19.6 Å². The molecule has 0 aliphatic carbocycles.